The predicted molar refractivity (Wildman–Crippen MR) is 88.6 cm³/mol. The lowest BCUT2D eigenvalue weighted by molar-refractivity contribution is 0.0936. The van der Waals surface area contributed by atoms with Crippen molar-refractivity contribution in [2.24, 2.45) is 0 Å². The van der Waals surface area contributed by atoms with Gasteiger partial charge in [-0.2, -0.15) is 0 Å². The van der Waals surface area contributed by atoms with E-state index in [1.165, 1.54) is 49.9 Å². The molecule has 0 atom stereocenters. The van der Waals surface area contributed by atoms with E-state index in [1.54, 1.807) is 0 Å². The number of hydrazine groups is 2. The van der Waals surface area contributed by atoms with Crippen molar-refractivity contribution < 1.29 is 14.7 Å². The quantitative estimate of drug-likeness (QED) is 0.355. The van der Waals surface area contributed by atoms with Crippen molar-refractivity contribution in [2.75, 3.05) is 6.54 Å². The van der Waals surface area contributed by atoms with Crippen LogP contribution in [0.1, 0.15) is 55.8 Å². The molecule has 0 fully saturated rings. The maximum atomic E-state index is 11.7. The molecule has 1 aromatic rings. The van der Waals surface area contributed by atoms with Gasteiger partial charge >= 0.3 is 6.03 Å². The van der Waals surface area contributed by atoms with Crippen molar-refractivity contribution in [1.29, 1.82) is 0 Å². The van der Waals surface area contributed by atoms with E-state index in [-0.39, 0.29) is 5.75 Å². The van der Waals surface area contributed by atoms with Crippen LogP contribution in [0.15, 0.2) is 24.3 Å². The average Bonchev–Trinajstić information content (AvgIpc) is 2.55. The van der Waals surface area contributed by atoms with Crippen LogP contribution in [0.4, 0.5) is 4.79 Å². The van der Waals surface area contributed by atoms with Crippen LogP contribution in [-0.2, 0) is 0 Å². The molecule has 0 spiro atoms. The zero-order valence-electron chi connectivity index (χ0n) is 13.5. The molecule has 1 rings (SSSR count). The first-order valence-corrected chi connectivity index (χ1v) is 8.01. The van der Waals surface area contributed by atoms with Gasteiger partial charge in [0.25, 0.3) is 5.91 Å². The Hall–Kier alpha value is -2.28. The molecule has 0 unspecified atom stereocenters. The Bertz CT molecular complexity index is 477. The number of urea groups is 1. The molecule has 0 aliphatic heterocycles. The lowest BCUT2D eigenvalue weighted by atomic mass is 10.1. The summed E-state index contributed by atoms with van der Waals surface area (Å²) < 4.78 is 0. The van der Waals surface area contributed by atoms with Gasteiger partial charge in [0, 0.05) is 12.1 Å². The highest BCUT2D eigenvalue weighted by molar-refractivity contribution is 5.95. The highest BCUT2D eigenvalue weighted by atomic mass is 16.3. The van der Waals surface area contributed by atoms with Crippen LogP contribution in [0.5, 0.6) is 5.75 Å². The molecule has 5 N–H and O–H groups in total. The number of carbonyl (C=O) groups is 2. The van der Waals surface area contributed by atoms with E-state index >= 15 is 0 Å². The first kappa shape index (κ1) is 18.8. The Kier molecular flexibility index (Phi) is 9.23. The molecule has 128 valence electrons. The minimum Gasteiger partial charge on any atom is -0.508 e. The number of aromatic hydroxyl groups is 1. The van der Waals surface area contributed by atoms with Gasteiger partial charge in [0.15, 0.2) is 0 Å². The number of phenolic OH excluding ortho intramolecular Hbond substituents is 1. The van der Waals surface area contributed by atoms with Crippen LogP contribution in [0.3, 0.4) is 0 Å². The molecule has 0 radical (unpaired) electrons. The van der Waals surface area contributed by atoms with Gasteiger partial charge in [-0.1, -0.05) is 39.0 Å². The smallest absolute Gasteiger partial charge is 0.347 e. The second kappa shape index (κ2) is 11.3. The van der Waals surface area contributed by atoms with Gasteiger partial charge in [0.05, 0.1) is 0 Å². The molecule has 0 aliphatic rings. The Morgan fingerprint density at radius 1 is 0.913 bits per heavy atom. The molecule has 0 saturated heterocycles. The van der Waals surface area contributed by atoms with Gasteiger partial charge in [-0.15, -0.1) is 0 Å². The number of unbranched alkanes of at least 4 members (excludes halogenated alkanes) is 5. The molecule has 3 amide bonds. The van der Waals surface area contributed by atoms with Crippen molar-refractivity contribution >= 4 is 11.9 Å². The lowest BCUT2D eigenvalue weighted by Crippen LogP contribution is -2.51. The van der Waals surface area contributed by atoms with Crippen molar-refractivity contribution in [2.45, 2.75) is 45.4 Å². The van der Waals surface area contributed by atoms with E-state index in [2.05, 4.69) is 28.6 Å². The second-order valence-corrected chi connectivity index (χ2v) is 5.27. The van der Waals surface area contributed by atoms with E-state index in [1.807, 2.05) is 0 Å². The fourth-order valence-electron chi connectivity index (χ4n) is 1.97. The number of hydrogen-bond acceptors (Lipinski definition) is 4. The molecular weight excluding hydrogens is 296 g/mol. The number of amides is 3. The fraction of sp³-hybridized carbons (Fsp3) is 0.500. The topological polar surface area (TPSA) is 102 Å². The maximum absolute atomic E-state index is 11.7. The zero-order valence-corrected chi connectivity index (χ0v) is 13.5. The normalized spacial score (nSPS) is 10.1. The largest absolute Gasteiger partial charge is 0.508 e. The Morgan fingerprint density at radius 3 is 2.26 bits per heavy atom. The molecule has 0 bridgehead atoms. The first-order valence-electron chi connectivity index (χ1n) is 8.01. The van der Waals surface area contributed by atoms with Crippen molar-refractivity contribution in [3.63, 3.8) is 0 Å². The Balaban J connectivity index is 2.06. The van der Waals surface area contributed by atoms with Crippen LogP contribution in [0.25, 0.3) is 0 Å². The predicted octanol–water partition coefficient (Wildman–Crippen LogP) is 2.20. The minimum atomic E-state index is -0.539. The molecule has 0 heterocycles. The molecule has 0 aromatic heterocycles. The van der Waals surface area contributed by atoms with Crippen molar-refractivity contribution in [3.05, 3.63) is 29.8 Å². The van der Waals surface area contributed by atoms with Crippen LogP contribution in [-0.4, -0.2) is 23.6 Å². The van der Waals surface area contributed by atoms with Gasteiger partial charge in [-0.3, -0.25) is 15.6 Å². The number of nitrogens with one attached hydrogen (secondary N) is 4. The molecule has 1 aromatic carbocycles. The van der Waals surface area contributed by atoms with Crippen molar-refractivity contribution in [3.8, 4) is 5.75 Å². The number of carbonyl (C=O) groups excluding carboxylic acids is 2. The Labute approximate surface area is 136 Å². The molecule has 7 nitrogen and oxygen atoms in total. The standard InChI is InChI=1S/C16H26N4O3/c1-2-3-4-5-6-7-12-17-19-16(23)20-18-15(22)13-8-10-14(21)11-9-13/h8-11,17,21H,2-7,12H2,1H3,(H,18,22)(H2,19,20,23). The number of hydrogen-bond donors (Lipinski definition) is 5. The van der Waals surface area contributed by atoms with Gasteiger partial charge in [-0.05, 0) is 30.7 Å². The molecular formula is C16H26N4O3. The highest BCUT2D eigenvalue weighted by Crippen LogP contribution is 2.08. The minimum absolute atomic E-state index is 0.0751. The maximum Gasteiger partial charge on any atom is 0.347 e. The third-order valence-electron chi connectivity index (χ3n) is 3.28. The summed E-state index contributed by atoms with van der Waals surface area (Å²) in [6, 6.07) is 5.18. The van der Waals surface area contributed by atoms with Crippen LogP contribution < -0.4 is 21.7 Å². The van der Waals surface area contributed by atoms with E-state index in [4.69, 9.17) is 5.11 Å². The fourth-order valence-corrected chi connectivity index (χ4v) is 1.97. The van der Waals surface area contributed by atoms with E-state index in [0.717, 1.165) is 12.8 Å². The molecule has 7 heteroatoms. The van der Waals surface area contributed by atoms with Crippen LogP contribution in [0.2, 0.25) is 0 Å². The zero-order chi connectivity index (χ0) is 16.9. The average molecular weight is 322 g/mol. The summed E-state index contributed by atoms with van der Waals surface area (Å²) in [6.45, 7) is 2.87. The third-order valence-corrected chi connectivity index (χ3v) is 3.28. The van der Waals surface area contributed by atoms with Gasteiger partial charge in [-0.25, -0.2) is 15.6 Å². The van der Waals surface area contributed by atoms with Gasteiger partial charge < -0.3 is 5.11 Å². The summed E-state index contributed by atoms with van der Waals surface area (Å²) in [5.41, 5.74) is 10.1. The van der Waals surface area contributed by atoms with Crippen LogP contribution in [0, 0.1) is 0 Å². The van der Waals surface area contributed by atoms with E-state index in [9.17, 15) is 9.59 Å². The summed E-state index contributed by atoms with van der Waals surface area (Å²) in [6.07, 6.45) is 7.10. The van der Waals surface area contributed by atoms with E-state index < -0.39 is 11.9 Å². The monoisotopic (exact) mass is 322 g/mol. The summed E-state index contributed by atoms with van der Waals surface area (Å²) in [4.78, 5) is 23.2. The van der Waals surface area contributed by atoms with Gasteiger partial charge in [0.2, 0.25) is 0 Å². The summed E-state index contributed by atoms with van der Waals surface area (Å²) in [5.74, 6) is -0.387. The SMILES string of the molecule is CCCCCCCCNNC(=O)NNC(=O)c1ccc(O)cc1. The number of benzene rings is 1. The van der Waals surface area contributed by atoms with Gasteiger partial charge in [0.1, 0.15) is 5.75 Å². The third kappa shape index (κ3) is 8.67. The number of phenols is 1. The Morgan fingerprint density at radius 2 is 1.57 bits per heavy atom. The summed E-state index contributed by atoms with van der Waals surface area (Å²) in [5, 5.41) is 9.14. The van der Waals surface area contributed by atoms with Crippen LogP contribution >= 0.6 is 0 Å². The second-order valence-electron chi connectivity index (χ2n) is 5.27. The summed E-state index contributed by atoms with van der Waals surface area (Å²) in [7, 11) is 0. The number of rotatable bonds is 9. The van der Waals surface area contributed by atoms with Crippen molar-refractivity contribution in [1.82, 2.24) is 21.7 Å². The molecule has 23 heavy (non-hydrogen) atoms. The summed E-state index contributed by atoms with van der Waals surface area (Å²) >= 11 is 0. The lowest BCUT2D eigenvalue weighted by Gasteiger charge is -2.10. The highest BCUT2D eigenvalue weighted by Gasteiger charge is 2.06. The first-order chi connectivity index (χ1) is 11.1. The molecule has 0 aliphatic carbocycles. The molecule has 0 saturated carbocycles. The van der Waals surface area contributed by atoms with E-state index in [0.29, 0.717) is 12.1 Å².